The number of nitrogens with two attached hydrogens (primary N) is 1. The van der Waals surface area contributed by atoms with E-state index in [1.165, 1.54) is 0 Å². The molecule has 2 N–H and O–H groups in total. The highest BCUT2D eigenvalue weighted by Gasteiger charge is 2.07. The summed E-state index contributed by atoms with van der Waals surface area (Å²) < 4.78 is 13.3. The summed E-state index contributed by atoms with van der Waals surface area (Å²) in [4.78, 5) is 4.45. The zero-order chi connectivity index (χ0) is 10.6. The maximum absolute atomic E-state index is 13.3. The molecule has 0 aromatic heterocycles. The minimum absolute atomic E-state index is 0.163. The Morgan fingerprint density at radius 3 is 2.79 bits per heavy atom. The standard InChI is InChI=1S/C10H13ClFNO/c1-2-8-5-7(3-4-14-13)6-9(11)10(8)12/h5-6H,2-4,13H2,1H3. The lowest BCUT2D eigenvalue weighted by molar-refractivity contribution is 0.141. The molecule has 0 fully saturated rings. The van der Waals surface area contributed by atoms with Crippen molar-refractivity contribution in [3.8, 4) is 0 Å². The molecule has 0 atom stereocenters. The van der Waals surface area contributed by atoms with Gasteiger partial charge in [-0.3, -0.25) is 0 Å². The van der Waals surface area contributed by atoms with Crippen molar-refractivity contribution in [2.24, 2.45) is 5.90 Å². The Kier molecular flexibility index (Phi) is 4.32. The van der Waals surface area contributed by atoms with Crippen molar-refractivity contribution in [1.29, 1.82) is 0 Å². The summed E-state index contributed by atoms with van der Waals surface area (Å²) in [6.45, 7) is 2.29. The minimum atomic E-state index is -0.327. The van der Waals surface area contributed by atoms with Crippen LogP contribution in [0, 0.1) is 5.82 Å². The van der Waals surface area contributed by atoms with E-state index in [1.54, 1.807) is 12.1 Å². The number of benzene rings is 1. The van der Waals surface area contributed by atoms with Crippen LogP contribution in [0.25, 0.3) is 0 Å². The van der Waals surface area contributed by atoms with Gasteiger partial charge < -0.3 is 4.84 Å². The van der Waals surface area contributed by atoms with Gasteiger partial charge in [-0.05, 0) is 30.0 Å². The lowest BCUT2D eigenvalue weighted by Gasteiger charge is -2.06. The third kappa shape index (κ3) is 2.67. The Balaban J connectivity index is 2.91. The van der Waals surface area contributed by atoms with Gasteiger partial charge in [0.2, 0.25) is 0 Å². The van der Waals surface area contributed by atoms with Crippen molar-refractivity contribution in [2.75, 3.05) is 6.61 Å². The molecule has 0 aliphatic carbocycles. The highest BCUT2D eigenvalue weighted by atomic mass is 35.5. The fraction of sp³-hybridized carbons (Fsp3) is 0.400. The fourth-order valence-corrected chi connectivity index (χ4v) is 1.55. The van der Waals surface area contributed by atoms with Crippen LogP contribution in [0.2, 0.25) is 5.02 Å². The van der Waals surface area contributed by atoms with E-state index < -0.39 is 0 Å². The van der Waals surface area contributed by atoms with E-state index in [9.17, 15) is 4.39 Å². The first-order valence-electron chi connectivity index (χ1n) is 4.47. The first-order valence-corrected chi connectivity index (χ1v) is 4.85. The fourth-order valence-electron chi connectivity index (χ4n) is 1.29. The highest BCUT2D eigenvalue weighted by molar-refractivity contribution is 6.30. The van der Waals surface area contributed by atoms with Crippen molar-refractivity contribution < 1.29 is 9.23 Å². The topological polar surface area (TPSA) is 35.2 Å². The van der Waals surface area contributed by atoms with Crippen molar-refractivity contribution in [2.45, 2.75) is 19.8 Å². The summed E-state index contributed by atoms with van der Waals surface area (Å²) in [5.74, 6) is 4.58. The zero-order valence-corrected chi connectivity index (χ0v) is 8.77. The molecule has 0 bridgehead atoms. The molecule has 0 aliphatic heterocycles. The third-order valence-corrected chi connectivity index (χ3v) is 2.33. The summed E-state index contributed by atoms with van der Waals surface area (Å²) in [5.41, 5.74) is 1.57. The second-order valence-electron chi connectivity index (χ2n) is 3.03. The number of aryl methyl sites for hydroxylation is 1. The molecule has 0 amide bonds. The first-order chi connectivity index (χ1) is 6.69. The summed E-state index contributed by atoms with van der Waals surface area (Å²) in [6.07, 6.45) is 1.27. The summed E-state index contributed by atoms with van der Waals surface area (Å²) in [7, 11) is 0. The monoisotopic (exact) mass is 217 g/mol. The van der Waals surface area contributed by atoms with Crippen LogP contribution in [0.3, 0.4) is 0 Å². The number of hydrogen-bond donors (Lipinski definition) is 1. The van der Waals surface area contributed by atoms with E-state index in [1.807, 2.05) is 6.92 Å². The van der Waals surface area contributed by atoms with Crippen LogP contribution in [-0.2, 0) is 17.7 Å². The first kappa shape index (κ1) is 11.4. The molecule has 1 aromatic carbocycles. The predicted molar refractivity (Wildman–Crippen MR) is 54.6 cm³/mol. The van der Waals surface area contributed by atoms with Crippen molar-refractivity contribution in [3.63, 3.8) is 0 Å². The van der Waals surface area contributed by atoms with Gasteiger partial charge in [0.15, 0.2) is 0 Å². The van der Waals surface area contributed by atoms with Gasteiger partial charge in [0.25, 0.3) is 0 Å². The number of halogens is 2. The molecule has 0 heterocycles. The van der Waals surface area contributed by atoms with Gasteiger partial charge in [-0.2, -0.15) is 0 Å². The Labute approximate surface area is 87.8 Å². The van der Waals surface area contributed by atoms with Crippen LogP contribution in [0.4, 0.5) is 4.39 Å². The van der Waals surface area contributed by atoms with Gasteiger partial charge in [-0.15, -0.1) is 0 Å². The second-order valence-corrected chi connectivity index (χ2v) is 3.43. The second kappa shape index (κ2) is 5.29. The largest absolute Gasteiger partial charge is 0.304 e. The van der Waals surface area contributed by atoms with Gasteiger partial charge >= 0.3 is 0 Å². The molecular weight excluding hydrogens is 205 g/mol. The van der Waals surface area contributed by atoms with E-state index in [2.05, 4.69) is 4.84 Å². The average molecular weight is 218 g/mol. The molecule has 0 saturated heterocycles. The van der Waals surface area contributed by atoms with E-state index in [0.717, 1.165) is 5.56 Å². The highest BCUT2D eigenvalue weighted by Crippen LogP contribution is 2.21. The zero-order valence-electron chi connectivity index (χ0n) is 8.02. The molecule has 4 heteroatoms. The van der Waals surface area contributed by atoms with Crippen LogP contribution in [0.1, 0.15) is 18.1 Å². The molecule has 1 aromatic rings. The van der Waals surface area contributed by atoms with Crippen LogP contribution < -0.4 is 5.90 Å². The normalized spacial score (nSPS) is 10.6. The molecule has 0 spiro atoms. The molecular formula is C10H13ClFNO. The predicted octanol–water partition coefficient (Wildman–Crippen LogP) is 2.47. The third-order valence-electron chi connectivity index (χ3n) is 2.05. The minimum Gasteiger partial charge on any atom is -0.304 e. The summed E-state index contributed by atoms with van der Waals surface area (Å²) in [5, 5.41) is 0.163. The molecule has 14 heavy (non-hydrogen) atoms. The maximum atomic E-state index is 13.3. The number of rotatable bonds is 4. The van der Waals surface area contributed by atoms with Crippen molar-refractivity contribution >= 4 is 11.6 Å². The van der Waals surface area contributed by atoms with Crippen LogP contribution >= 0.6 is 11.6 Å². The maximum Gasteiger partial charge on any atom is 0.144 e. The van der Waals surface area contributed by atoms with Gasteiger partial charge in [-0.25, -0.2) is 10.3 Å². The summed E-state index contributed by atoms with van der Waals surface area (Å²) >= 11 is 5.73. The molecule has 0 unspecified atom stereocenters. The van der Waals surface area contributed by atoms with Gasteiger partial charge in [0.05, 0.1) is 11.6 Å². The van der Waals surface area contributed by atoms with E-state index in [-0.39, 0.29) is 10.8 Å². The van der Waals surface area contributed by atoms with Crippen LogP contribution in [0.15, 0.2) is 12.1 Å². The van der Waals surface area contributed by atoms with Crippen molar-refractivity contribution in [3.05, 3.63) is 34.1 Å². The van der Waals surface area contributed by atoms with Gasteiger partial charge in [0.1, 0.15) is 5.82 Å². The van der Waals surface area contributed by atoms with Crippen molar-refractivity contribution in [1.82, 2.24) is 0 Å². The molecule has 0 aliphatic rings. The number of hydrogen-bond acceptors (Lipinski definition) is 2. The molecule has 1 rings (SSSR count). The van der Waals surface area contributed by atoms with Crippen LogP contribution in [0.5, 0.6) is 0 Å². The SMILES string of the molecule is CCc1cc(CCON)cc(Cl)c1F. The van der Waals surface area contributed by atoms with Gasteiger partial charge in [-0.1, -0.05) is 24.6 Å². The lowest BCUT2D eigenvalue weighted by Crippen LogP contribution is -2.04. The average Bonchev–Trinajstić information content (AvgIpc) is 2.19. The molecule has 0 saturated carbocycles. The molecule has 0 radical (unpaired) electrons. The smallest absolute Gasteiger partial charge is 0.144 e. The van der Waals surface area contributed by atoms with Gasteiger partial charge in [0, 0.05) is 0 Å². The van der Waals surface area contributed by atoms with E-state index in [4.69, 9.17) is 17.5 Å². The molecule has 78 valence electrons. The Hall–Kier alpha value is -0.640. The Morgan fingerprint density at radius 1 is 1.50 bits per heavy atom. The Morgan fingerprint density at radius 2 is 2.21 bits per heavy atom. The Bertz CT molecular complexity index is 317. The molecule has 2 nitrogen and oxygen atoms in total. The van der Waals surface area contributed by atoms with Crippen LogP contribution in [-0.4, -0.2) is 6.61 Å². The lowest BCUT2D eigenvalue weighted by atomic mass is 10.1. The summed E-state index contributed by atoms with van der Waals surface area (Å²) in [6, 6.07) is 3.40. The quantitative estimate of drug-likeness (QED) is 0.787. The van der Waals surface area contributed by atoms with E-state index >= 15 is 0 Å². The van der Waals surface area contributed by atoms with E-state index in [0.29, 0.717) is 25.0 Å².